The molecule has 0 saturated carbocycles. The molecule has 3 heteroatoms. The summed E-state index contributed by atoms with van der Waals surface area (Å²) in [5, 5.41) is 0.560. The number of hydrogen-bond acceptors (Lipinski definition) is 1. The molecule has 1 radical (unpaired) electrons. The Kier molecular flexibility index (Phi) is 8.69. The van der Waals surface area contributed by atoms with Gasteiger partial charge in [-0.05, 0) is 0 Å². The number of rotatable bonds is 0. The molecular formula is C12H10ClNY-2. The second-order valence-corrected chi connectivity index (χ2v) is 2.95. The quantitative estimate of drug-likeness (QED) is 0.585. The fraction of sp³-hybridized carbons (Fsp3) is 0. The van der Waals surface area contributed by atoms with Crippen molar-refractivity contribution in [2.24, 2.45) is 0 Å². The molecule has 15 heavy (non-hydrogen) atoms. The zero-order chi connectivity index (χ0) is 10.2. The molecule has 0 aliphatic rings. The van der Waals surface area contributed by atoms with E-state index in [2.05, 4.69) is 12.1 Å². The van der Waals surface area contributed by atoms with E-state index in [1.54, 1.807) is 18.2 Å². The van der Waals surface area contributed by atoms with E-state index in [1.165, 1.54) is 0 Å². The van der Waals surface area contributed by atoms with Crippen LogP contribution in [0.5, 0.6) is 0 Å². The Balaban J connectivity index is 0.000000253. The molecule has 0 heterocycles. The summed E-state index contributed by atoms with van der Waals surface area (Å²) < 4.78 is 0. The summed E-state index contributed by atoms with van der Waals surface area (Å²) in [4.78, 5) is 0. The molecule has 2 aromatic carbocycles. The van der Waals surface area contributed by atoms with Gasteiger partial charge < -0.3 is 5.73 Å². The van der Waals surface area contributed by atoms with Gasteiger partial charge in [-0.25, -0.2) is 0 Å². The van der Waals surface area contributed by atoms with E-state index in [-0.39, 0.29) is 32.7 Å². The fourth-order valence-electron chi connectivity index (χ4n) is 0.796. The summed E-state index contributed by atoms with van der Waals surface area (Å²) in [6, 6.07) is 20.3. The third-order valence-corrected chi connectivity index (χ3v) is 1.62. The normalized spacial score (nSPS) is 8.07. The first-order chi connectivity index (χ1) is 6.79. The van der Waals surface area contributed by atoms with Gasteiger partial charge in [-0.2, -0.15) is 48.5 Å². The second-order valence-electron chi connectivity index (χ2n) is 2.55. The Morgan fingerprint density at radius 2 is 1.73 bits per heavy atom. The van der Waals surface area contributed by atoms with Crippen LogP contribution in [-0.4, -0.2) is 0 Å². The summed E-state index contributed by atoms with van der Waals surface area (Å²) >= 11 is 5.51. The Morgan fingerprint density at radius 3 is 2.00 bits per heavy atom. The first kappa shape index (κ1) is 14.6. The molecule has 0 spiro atoms. The molecule has 0 aliphatic heterocycles. The summed E-state index contributed by atoms with van der Waals surface area (Å²) in [6.45, 7) is 0. The number of nitrogens with two attached hydrogens (primary N) is 1. The third-order valence-electron chi connectivity index (χ3n) is 1.40. The maximum Gasteiger partial charge on any atom is 0 e. The van der Waals surface area contributed by atoms with Gasteiger partial charge in [0.1, 0.15) is 0 Å². The first-order valence-electron chi connectivity index (χ1n) is 4.13. The zero-order valence-electron chi connectivity index (χ0n) is 8.15. The van der Waals surface area contributed by atoms with E-state index in [0.717, 1.165) is 0 Å². The second kappa shape index (κ2) is 8.90. The predicted molar refractivity (Wildman–Crippen MR) is 60.0 cm³/mol. The predicted octanol–water partition coefficient (Wildman–Crippen LogP) is 3.21. The van der Waals surface area contributed by atoms with Gasteiger partial charge in [0.25, 0.3) is 0 Å². The van der Waals surface area contributed by atoms with Crippen LogP contribution in [0.25, 0.3) is 0 Å². The van der Waals surface area contributed by atoms with Crippen molar-refractivity contribution in [2.75, 3.05) is 5.73 Å². The van der Waals surface area contributed by atoms with Gasteiger partial charge in [-0.1, -0.05) is 10.7 Å². The van der Waals surface area contributed by atoms with Crippen LogP contribution in [0.3, 0.4) is 0 Å². The molecule has 2 aromatic rings. The fourth-order valence-corrected chi connectivity index (χ4v) is 0.985. The monoisotopic (exact) mass is 292 g/mol. The number of halogens is 1. The van der Waals surface area contributed by atoms with Crippen molar-refractivity contribution >= 4 is 17.3 Å². The van der Waals surface area contributed by atoms with Gasteiger partial charge in [-0.3, -0.25) is 0 Å². The van der Waals surface area contributed by atoms with Crippen LogP contribution in [0, 0.1) is 12.1 Å². The zero-order valence-corrected chi connectivity index (χ0v) is 11.7. The molecule has 0 atom stereocenters. The van der Waals surface area contributed by atoms with Crippen molar-refractivity contribution in [3.63, 3.8) is 0 Å². The molecule has 75 valence electrons. The SMILES string of the molecule is Nc1cc[c-]c(Cl)c1.[Y].[c-]1ccccc1. The minimum atomic E-state index is 0. The van der Waals surface area contributed by atoms with Crippen molar-refractivity contribution in [1.82, 2.24) is 0 Å². The third kappa shape index (κ3) is 7.55. The largest absolute Gasteiger partial charge is 0.419 e. The maximum absolute atomic E-state index is 5.51. The van der Waals surface area contributed by atoms with Gasteiger partial charge in [0.15, 0.2) is 0 Å². The molecular weight excluding hydrogens is 282 g/mol. The summed E-state index contributed by atoms with van der Waals surface area (Å²) in [5.41, 5.74) is 6.03. The van der Waals surface area contributed by atoms with E-state index >= 15 is 0 Å². The minimum Gasteiger partial charge on any atom is -0.419 e. The Labute approximate surface area is 121 Å². The van der Waals surface area contributed by atoms with Crippen molar-refractivity contribution in [1.29, 1.82) is 0 Å². The molecule has 0 unspecified atom stereocenters. The van der Waals surface area contributed by atoms with Crippen LogP contribution in [0.15, 0.2) is 48.5 Å². The number of benzene rings is 2. The molecule has 2 rings (SSSR count). The van der Waals surface area contributed by atoms with Gasteiger partial charge in [0, 0.05) is 32.7 Å². The average molecular weight is 293 g/mol. The van der Waals surface area contributed by atoms with E-state index in [0.29, 0.717) is 10.7 Å². The Bertz CT molecular complexity index is 321. The minimum absolute atomic E-state index is 0. The van der Waals surface area contributed by atoms with E-state index in [4.69, 9.17) is 17.3 Å². The van der Waals surface area contributed by atoms with Crippen LogP contribution in [-0.2, 0) is 32.7 Å². The molecule has 0 aliphatic carbocycles. The topological polar surface area (TPSA) is 26.0 Å². The molecule has 0 amide bonds. The van der Waals surface area contributed by atoms with E-state index in [1.807, 2.05) is 30.3 Å². The van der Waals surface area contributed by atoms with Crippen molar-refractivity contribution in [3.8, 4) is 0 Å². The maximum atomic E-state index is 5.51. The standard InChI is InChI=1S/C6H5ClN.C6H5.Y/c7-5-2-1-3-6(8)4-5;1-2-4-6-5-3-1;/h1,3-4H,8H2;1-5H;/q2*-1;. The van der Waals surface area contributed by atoms with Gasteiger partial charge in [-0.15, -0.1) is 23.7 Å². The molecule has 0 bridgehead atoms. The van der Waals surface area contributed by atoms with Gasteiger partial charge in [0.05, 0.1) is 0 Å². The molecule has 0 fully saturated rings. The van der Waals surface area contributed by atoms with Crippen molar-refractivity contribution in [2.45, 2.75) is 0 Å². The summed E-state index contributed by atoms with van der Waals surface area (Å²) in [5.74, 6) is 0. The Morgan fingerprint density at radius 1 is 1.07 bits per heavy atom. The smallest absolute Gasteiger partial charge is 0 e. The van der Waals surface area contributed by atoms with Crippen molar-refractivity contribution in [3.05, 3.63) is 65.7 Å². The van der Waals surface area contributed by atoms with Crippen molar-refractivity contribution < 1.29 is 32.7 Å². The summed E-state index contributed by atoms with van der Waals surface area (Å²) in [7, 11) is 0. The van der Waals surface area contributed by atoms with Gasteiger partial charge >= 0.3 is 0 Å². The average Bonchev–Trinajstić information content (AvgIpc) is 2.21. The van der Waals surface area contributed by atoms with Crippen LogP contribution >= 0.6 is 11.6 Å². The molecule has 0 saturated heterocycles. The molecule has 1 nitrogen and oxygen atoms in total. The van der Waals surface area contributed by atoms with E-state index < -0.39 is 0 Å². The molecule has 2 N–H and O–H groups in total. The Hall–Kier alpha value is -0.366. The summed E-state index contributed by atoms with van der Waals surface area (Å²) in [6.07, 6.45) is 0. The number of anilines is 1. The van der Waals surface area contributed by atoms with Gasteiger partial charge in [0.2, 0.25) is 0 Å². The molecule has 0 aromatic heterocycles. The van der Waals surface area contributed by atoms with E-state index in [9.17, 15) is 0 Å². The first-order valence-corrected chi connectivity index (χ1v) is 4.50. The number of hydrogen-bond donors (Lipinski definition) is 1. The van der Waals surface area contributed by atoms with Crippen LogP contribution in [0.4, 0.5) is 5.69 Å². The number of nitrogen functional groups attached to an aromatic ring is 1. The van der Waals surface area contributed by atoms with Crippen LogP contribution < -0.4 is 5.73 Å². The van der Waals surface area contributed by atoms with Crippen LogP contribution in [0.2, 0.25) is 5.02 Å². The van der Waals surface area contributed by atoms with Crippen LogP contribution in [0.1, 0.15) is 0 Å².